The van der Waals surface area contributed by atoms with Crippen molar-refractivity contribution < 1.29 is 15.0 Å². The second kappa shape index (κ2) is 6.10. The monoisotopic (exact) mass is 238 g/mol. The molecular formula is C12H18N2O3. The van der Waals surface area contributed by atoms with Crippen LogP contribution in [0.1, 0.15) is 30.1 Å². The van der Waals surface area contributed by atoms with E-state index in [0.29, 0.717) is 13.0 Å². The van der Waals surface area contributed by atoms with Crippen LogP contribution in [0.25, 0.3) is 0 Å². The Morgan fingerprint density at radius 1 is 1.47 bits per heavy atom. The van der Waals surface area contributed by atoms with E-state index in [4.69, 9.17) is 5.73 Å². The summed E-state index contributed by atoms with van der Waals surface area (Å²) in [6.45, 7) is 2.43. The van der Waals surface area contributed by atoms with Gasteiger partial charge in [-0.3, -0.25) is 4.79 Å². The lowest BCUT2D eigenvalue weighted by atomic mass is 10.1. The highest BCUT2D eigenvalue weighted by Crippen LogP contribution is 2.21. The summed E-state index contributed by atoms with van der Waals surface area (Å²) in [6.07, 6.45) is 1.54. The first-order chi connectivity index (χ1) is 8.04. The molecular weight excluding hydrogens is 220 g/mol. The number of hydrogen-bond acceptors (Lipinski definition) is 4. The van der Waals surface area contributed by atoms with Crippen molar-refractivity contribution in [2.24, 2.45) is 5.73 Å². The van der Waals surface area contributed by atoms with Crippen LogP contribution >= 0.6 is 0 Å². The highest BCUT2D eigenvalue weighted by Gasteiger charge is 2.11. The minimum Gasteiger partial charge on any atom is -0.508 e. The number of nitrogens with two attached hydrogens (primary N) is 1. The number of rotatable bonds is 5. The number of aromatic hydroxyl groups is 2. The van der Waals surface area contributed by atoms with Crippen molar-refractivity contribution in [2.45, 2.75) is 25.8 Å². The first-order valence-corrected chi connectivity index (χ1v) is 5.60. The molecule has 0 radical (unpaired) electrons. The average molecular weight is 238 g/mol. The van der Waals surface area contributed by atoms with Crippen molar-refractivity contribution in [3.63, 3.8) is 0 Å². The van der Waals surface area contributed by atoms with Crippen LogP contribution in [0.15, 0.2) is 18.2 Å². The summed E-state index contributed by atoms with van der Waals surface area (Å²) in [6, 6.07) is 3.89. The molecule has 0 saturated carbocycles. The van der Waals surface area contributed by atoms with Gasteiger partial charge in [-0.2, -0.15) is 0 Å². The molecule has 0 aliphatic carbocycles. The molecule has 0 spiro atoms. The Morgan fingerprint density at radius 3 is 2.82 bits per heavy atom. The summed E-state index contributed by atoms with van der Waals surface area (Å²) in [5, 5.41) is 21.3. The number of nitrogens with one attached hydrogen (secondary N) is 1. The second-order valence-corrected chi connectivity index (χ2v) is 3.91. The molecule has 17 heavy (non-hydrogen) atoms. The fourth-order valence-corrected chi connectivity index (χ4v) is 1.38. The minimum atomic E-state index is -0.415. The third-order valence-corrected chi connectivity index (χ3v) is 2.55. The molecule has 0 aromatic heterocycles. The zero-order chi connectivity index (χ0) is 12.8. The number of carbonyl (C=O) groups is 1. The predicted molar refractivity (Wildman–Crippen MR) is 65.0 cm³/mol. The topological polar surface area (TPSA) is 95.6 Å². The van der Waals surface area contributed by atoms with Crippen molar-refractivity contribution in [1.29, 1.82) is 0 Å². The van der Waals surface area contributed by atoms with Crippen LogP contribution in [-0.4, -0.2) is 28.7 Å². The number of phenolic OH excluding ortho intramolecular Hbond substituents is 2. The maximum Gasteiger partial charge on any atom is 0.255 e. The van der Waals surface area contributed by atoms with Crippen LogP contribution in [0, 0.1) is 0 Å². The van der Waals surface area contributed by atoms with Crippen LogP contribution in [0.5, 0.6) is 11.5 Å². The highest BCUT2D eigenvalue weighted by atomic mass is 16.3. The summed E-state index contributed by atoms with van der Waals surface area (Å²) >= 11 is 0. The third-order valence-electron chi connectivity index (χ3n) is 2.55. The van der Waals surface area contributed by atoms with E-state index < -0.39 is 5.91 Å². The molecule has 0 heterocycles. The summed E-state index contributed by atoms with van der Waals surface area (Å²) in [7, 11) is 0. The maximum absolute atomic E-state index is 11.7. The molecule has 1 unspecified atom stereocenters. The maximum atomic E-state index is 11.7. The van der Waals surface area contributed by atoms with Gasteiger partial charge in [-0.05, 0) is 31.0 Å². The van der Waals surface area contributed by atoms with E-state index in [0.717, 1.165) is 6.42 Å². The molecule has 1 amide bonds. The van der Waals surface area contributed by atoms with E-state index in [9.17, 15) is 15.0 Å². The van der Waals surface area contributed by atoms with Crippen molar-refractivity contribution in [3.8, 4) is 11.5 Å². The predicted octanol–water partition coefficient (Wildman–Crippen LogP) is 0.955. The van der Waals surface area contributed by atoms with E-state index in [1.54, 1.807) is 0 Å². The van der Waals surface area contributed by atoms with Gasteiger partial charge in [0.15, 0.2) is 0 Å². The van der Waals surface area contributed by atoms with E-state index in [-0.39, 0.29) is 23.1 Å². The molecule has 5 N–H and O–H groups in total. The smallest absolute Gasteiger partial charge is 0.255 e. The molecule has 0 aliphatic heterocycles. The average Bonchev–Trinajstić information content (AvgIpc) is 2.31. The number of phenols is 2. The normalized spacial score (nSPS) is 12.1. The molecule has 0 fully saturated rings. The molecule has 1 rings (SSSR count). The van der Waals surface area contributed by atoms with Crippen LogP contribution in [0.2, 0.25) is 0 Å². The number of hydrogen-bond donors (Lipinski definition) is 4. The lowest BCUT2D eigenvalue weighted by Crippen LogP contribution is -2.30. The lowest BCUT2D eigenvalue weighted by Gasteiger charge is -2.10. The molecule has 0 bridgehead atoms. The van der Waals surface area contributed by atoms with E-state index in [1.165, 1.54) is 18.2 Å². The van der Waals surface area contributed by atoms with Gasteiger partial charge in [0.05, 0.1) is 5.56 Å². The Morgan fingerprint density at radius 2 is 2.18 bits per heavy atom. The van der Waals surface area contributed by atoms with Gasteiger partial charge in [0.1, 0.15) is 11.5 Å². The lowest BCUT2D eigenvalue weighted by molar-refractivity contribution is 0.0949. The number of amides is 1. The Hall–Kier alpha value is -1.75. The van der Waals surface area contributed by atoms with Gasteiger partial charge in [-0.1, -0.05) is 6.92 Å². The summed E-state index contributed by atoms with van der Waals surface area (Å²) in [5.74, 6) is -0.625. The fourth-order valence-electron chi connectivity index (χ4n) is 1.38. The fraction of sp³-hybridized carbons (Fsp3) is 0.417. The van der Waals surface area contributed by atoms with Gasteiger partial charge in [0, 0.05) is 12.6 Å². The van der Waals surface area contributed by atoms with Gasteiger partial charge >= 0.3 is 0 Å². The quantitative estimate of drug-likeness (QED) is 0.574. The molecule has 0 aliphatic rings. The molecule has 5 nitrogen and oxygen atoms in total. The SMILES string of the molecule is CCC(N)CCNC(=O)c1cc(O)ccc1O. The van der Waals surface area contributed by atoms with Crippen molar-refractivity contribution in [3.05, 3.63) is 23.8 Å². The van der Waals surface area contributed by atoms with Gasteiger partial charge in [0.2, 0.25) is 0 Å². The summed E-state index contributed by atoms with van der Waals surface area (Å²) < 4.78 is 0. The van der Waals surface area contributed by atoms with Crippen molar-refractivity contribution >= 4 is 5.91 Å². The van der Waals surface area contributed by atoms with Gasteiger partial charge < -0.3 is 21.3 Å². The summed E-state index contributed by atoms with van der Waals surface area (Å²) in [5.41, 5.74) is 5.78. The molecule has 94 valence electrons. The highest BCUT2D eigenvalue weighted by molar-refractivity contribution is 5.97. The van der Waals surface area contributed by atoms with E-state index in [1.807, 2.05) is 6.92 Å². The van der Waals surface area contributed by atoms with Crippen LogP contribution in [-0.2, 0) is 0 Å². The molecule has 1 aromatic carbocycles. The van der Waals surface area contributed by atoms with Crippen molar-refractivity contribution in [1.82, 2.24) is 5.32 Å². The van der Waals surface area contributed by atoms with Crippen LogP contribution < -0.4 is 11.1 Å². The standard InChI is InChI=1S/C12H18N2O3/c1-2-8(13)5-6-14-12(17)10-7-9(15)3-4-11(10)16/h3-4,7-8,15-16H,2,5-6,13H2,1H3,(H,14,17). The Kier molecular flexibility index (Phi) is 4.78. The first-order valence-electron chi connectivity index (χ1n) is 5.60. The zero-order valence-corrected chi connectivity index (χ0v) is 9.81. The summed E-state index contributed by atoms with van der Waals surface area (Å²) in [4.78, 5) is 11.7. The van der Waals surface area contributed by atoms with E-state index >= 15 is 0 Å². The van der Waals surface area contributed by atoms with Crippen molar-refractivity contribution in [2.75, 3.05) is 6.54 Å². The zero-order valence-electron chi connectivity index (χ0n) is 9.81. The Labute approximate surface area is 100 Å². The Bertz CT molecular complexity index is 393. The molecule has 1 atom stereocenters. The second-order valence-electron chi connectivity index (χ2n) is 3.91. The Balaban J connectivity index is 2.55. The molecule has 0 saturated heterocycles. The van der Waals surface area contributed by atoms with Crippen LogP contribution in [0.4, 0.5) is 0 Å². The molecule has 5 heteroatoms. The molecule has 1 aromatic rings. The van der Waals surface area contributed by atoms with Gasteiger partial charge in [-0.25, -0.2) is 0 Å². The van der Waals surface area contributed by atoms with Crippen LogP contribution in [0.3, 0.4) is 0 Å². The van der Waals surface area contributed by atoms with Gasteiger partial charge in [0.25, 0.3) is 5.91 Å². The van der Waals surface area contributed by atoms with Gasteiger partial charge in [-0.15, -0.1) is 0 Å². The first kappa shape index (κ1) is 13.3. The minimum absolute atomic E-state index is 0.0572. The van der Waals surface area contributed by atoms with E-state index in [2.05, 4.69) is 5.32 Å². The number of benzene rings is 1. The third kappa shape index (κ3) is 3.96. The largest absolute Gasteiger partial charge is 0.508 e. The number of carbonyl (C=O) groups excluding carboxylic acids is 1.